The van der Waals surface area contributed by atoms with Crippen LogP contribution in [0.5, 0.6) is 0 Å². The highest BCUT2D eigenvalue weighted by Crippen LogP contribution is 2.23. The number of H-pyrrole nitrogens is 1. The first-order chi connectivity index (χ1) is 7.93. The fourth-order valence-electron chi connectivity index (χ4n) is 1.49. The van der Waals surface area contributed by atoms with E-state index in [-0.39, 0.29) is 0 Å². The average molecular weight is 231 g/mol. The summed E-state index contributed by atoms with van der Waals surface area (Å²) >= 11 is 1.61. The number of aromatic amines is 1. The van der Waals surface area contributed by atoms with Gasteiger partial charge in [-0.1, -0.05) is 0 Å². The Morgan fingerprint density at radius 2 is 2.31 bits per heavy atom. The molecule has 3 aromatic heterocycles. The lowest BCUT2D eigenvalue weighted by Gasteiger charge is -2.04. The summed E-state index contributed by atoms with van der Waals surface area (Å²) in [5, 5.41) is 13.1. The molecule has 0 bridgehead atoms. The van der Waals surface area contributed by atoms with Crippen LogP contribution in [-0.4, -0.2) is 20.2 Å². The van der Waals surface area contributed by atoms with E-state index < -0.39 is 0 Å². The van der Waals surface area contributed by atoms with Crippen molar-refractivity contribution in [2.75, 3.05) is 5.32 Å². The number of anilines is 1. The second-order valence-electron chi connectivity index (χ2n) is 3.30. The van der Waals surface area contributed by atoms with Gasteiger partial charge in [0.25, 0.3) is 0 Å². The quantitative estimate of drug-likeness (QED) is 0.723. The second kappa shape index (κ2) is 3.90. The topological polar surface area (TPSA) is 66.5 Å². The normalized spacial score (nSPS) is 10.8. The van der Waals surface area contributed by atoms with E-state index in [1.165, 1.54) is 0 Å². The minimum absolute atomic E-state index is 0.683. The fourth-order valence-corrected chi connectivity index (χ4v) is 2.23. The number of fused-ring (bicyclic) bond motifs is 1. The number of nitrogens with one attached hydrogen (secondary N) is 2. The maximum Gasteiger partial charge on any atom is 0.138 e. The fraction of sp³-hybridized carbons (Fsp3) is 0.100. The number of rotatable bonds is 3. The summed E-state index contributed by atoms with van der Waals surface area (Å²) in [4.78, 5) is 9.42. The van der Waals surface area contributed by atoms with E-state index in [0.717, 1.165) is 21.7 Å². The van der Waals surface area contributed by atoms with Crippen molar-refractivity contribution in [1.29, 1.82) is 0 Å². The molecule has 3 rings (SSSR count). The van der Waals surface area contributed by atoms with Crippen molar-refractivity contribution < 1.29 is 0 Å². The van der Waals surface area contributed by atoms with E-state index >= 15 is 0 Å². The standard InChI is InChI=1S/C10H9N5S/c1-3-14-15-7(1)5-11-9-8-2-4-16-10(8)13-6-12-9/h1-4,6H,5H2,(H,14,15)(H,11,12,13). The highest BCUT2D eigenvalue weighted by molar-refractivity contribution is 7.16. The van der Waals surface area contributed by atoms with E-state index in [2.05, 4.69) is 25.5 Å². The van der Waals surface area contributed by atoms with E-state index in [1.807, 2.05) is 17.5 Å². The molecule has 0 spiro atoms. The van der Waals surface area contributed by atoms with Gasteiger partial charge in [0.1, 0.15) is 17.0 Å². The van der Waals surface area contributed by atoms with Crippen molar-refractivity contribution in [1.82, 2.24) is 20.2 Å². The van der Waals surface area contributed by atoms with Crippen LogP contribution in [0.1, 0.15) is 5.69 Å². The van der Waals surface area contributed by atoms with Gasteiger partial charge in [-0.05, 0) is 17.5 Å². The van der Waals surface area contributed by atoms with Crippen LogP contribution in [0.3, 0.4) is 0 Å². The van der Waals surface area contributed by atoms with Gasteiger partial charge in [-0.25, -0.2) is 9.97 Å². The minimum Gasteiger partial charge on any atom is -0.364 e. The molecule has 0 aliphatic rings. The average Bonchev–Trinajstić information content (AvgIpc) is 2.97. The van der Waals surface area contributed by atoms with Gasteiger partial charge in [-0.2, -0.15) is 5.10 Å². The van der Waals surface area contributed by atoms with Crippen molar-refractivity contribution in [2.24, 2.45) is 0 Å². The van der Waals surface area contributed by atoms with Crippen LogP contribution < -0.4 is 5.32 Å². The Morgan fingerprint density at radius 1 is 1.31 bits per heavy atom. The van der Waals surface area contributed by atoms with E-state index in [0.29, 0.717) is 6.54 Å². The first-order valence-electron chi connectivity index (χ1n) is 4.84. The van der Waals surface area contributed by atoms with Crippen molar-refractivity contribution in [2.45, 2.75) is 6.54 Å². The lowest BCUT2D eigenvalue weighted by Crippen LogP contribution is -2.02. The molecule has 6 heteroatoms. The molecule has 0 saturated heterocycles. The summed E-state index contributed by atoms with van der Waals surface area (Å²) in [5.74, 6) is 0.862. The van der Waals surface area contributed by atoms with Gasteiger partial charge >= 0.3 is 0 Å². The molecule has 0 aliphatic carbocycles. The monoisotopic (exact) mass is 231 g/mol. The maximum atomic E-state index is 4.23. The van der Waals surface area contributed by atoms with Gasteiger partial charge in [-0.15, -0.1) is 11.3 Å². The van der Waals surface area contributed by atoms with Crippen molar-refractivity contribution in [3.05, 3.63) is 35.7 Å². The largest absolute Gasteiger partial charge is 0.364 e. The van der Waals surface area contributed by atoms with Crippen LogP contribution in [0.15, 0.2) is 30.0 Å². The summed E-state index contributed by atoms with van der Waals surface area (Å²) in [5.41, 5.74) is 1.03. The predicted molar refractivity (Wildman–Crippen MR) is 63.3 cm³/mol. The van der Waals surface area contributed by atoms with Gasteiger partial charge in [0.15, 0.2) is 0 Å². The highest BCUT2D eigenvalue weighted by Gasteiger charge is 2.04. The number of thiophene rings is 1. The number of hydrogen-bond acceptors (Lipinski definition) is 5. The van der Waals surface area contributed by atoms with Gasteiger partial charge in [0.05, 0.1) is 17.6 Å². The summed E-state index contributed by atoms with van der Waals surface area (Å²) in [7, 11) is 0. The third-order valence-electron chi connectivity index (χ3n) is 2.27. The Morgan fingerprint density at radius 3 is 3.19 bits per heavy atom. The maximum absolute atomic E-state index is 4.23. The molecule has 0 fully saturated rings. The number of hydrogen-bond donors (Lipinski definition) is 2. The summed E-state index contributed by atoms with van der Waals surface area (Å²) in [6, 6.07) is 3.95. The van der Waals surface area contributed by atoms with Crippen molar-refractivity contribution in [3.63, 3.8) is 0 Å². The van der Waals surface area contributed by atoms with E-state index in [9.17, 15) is 0 Å². The van der Waals surface area contributed by atoms with Gasteiger partial charge < -0.3 is 5.32 Å². The Bertz CT molecular complexity index is 586. The molecule has 0 atom stereocenters. The van der Waals surface area contributed by atoms with Crippen LogP contribution in [-0.2, 0) is 6.54 Å². The molecule has 0 radical (unpaired) electrons. The highest BCUT2D eigenvalue weighted by atomic mass is 32.1. The van der Waals surface area contributed by atoms with Gasteiger partial charge in [0.2, 0.25) is 0 Å². The zero-order valence-electron chi connectivity index (χ0n) is 8.34. The zero-order chi connectivity index (χ0) is 10.8. The molecule has 2 N–H and O–H groups in total. The Kier molecular flexibility index (Phi) is 2.26. The van der Waals surface area contributed by atoms with Crippen LogP contribution in [0, 0.1) is 0 Å². The lowest BCUT2D eigenvalue weighted by atomic mass is 10.3. The van der Waals surface area contributed by atoms with E-state index in [1.54, 1.807) is 23.9 Å². The molecule has 3 heterocycles. The SMILES string of the molecule is c1cc(CNc2ncnc3sccc23)[nH]n1. The second-order valence-corrected chi connectivity index (χ2v) is 4.19. The molecule has 16 heavy (non-hydrogen) atoms. The van der Waals surface area contributed by atoms with Crippen molar-refractivity contribution >= 4 is 27.4 Å². The van der Waals surface area contributed by atoms with E-state index in [4.69, 9.17) is 0 Å². The van der Waals surface area contributed by atoms with Crippen LogP contribution in [0.2, 0.25) is 0 Å². The molecule has 0 unspecified atom stereocenters. The third-order valence-corrected chi connectivity index (χ3v) is 3.09. The smallest absolute Gasteiger partial charge is 0.138 e. The molecule has 80 valence electrons. The molecule has 0 aromatic carbocycles. The zero-order valence-corrected chi connectivity index (χ0v) is 9.16. The Labute approximate surface area is 95.6 Å². The molecular formula is C10H9N5S. The molecule has 3 aromatic rings. The lowest BCUT2D eigenvalue weighted by molar-refractivity contribution is 0.975. The predicted octanol–water partition coefficient (Wildman–Crippen LogP) is 2.03. The van der Waals surface area contributed by atoms with Crippen molar-refractivity contribution in [3.8, 4) is 0 Å². The molecule has 0 amide bonds. The first-order valence-corrected chi connectivity index (χ1v) is 5.72. The molecule has 0 saturated carbocycles. The Balaban J connectivity index is 1.86. The number of aromatic nitrogens is 4. The third kappa shape index (κ3) is 1.63. The van der Waals surface area contributed by atoms with Gasteiger partial charge in [0, 0.05) is 6.20 Å². The molecule has 0 aliphatic heterocycles. The summed E-state index contributed by atoms with van der Waals surface area (Å²) in [6.45, 7) is 0.683. The Hall–Kier alpha value is -1.95. The molecular weight excluding hydrogens is 222 g/mol. The number of nitrogens with zero attached hydrogens (tertiary/aromatic N) is 3. The first kappa shape index (κ1) is 9.29. The van der Waals surface area contributed by atoms with Gasteiger partial charge in [-0.3, -0.25) is 5.10 Å². The van der Waals surface area contributed by atoms with Crippen LogP contribution >= 0.6 is 11.3 Å². The van der Waals surface area contributed by atoms with Crippen LogP contribution in [0.4, 0.5) is 5.82 Å². The minimum atomic E-state index is 0.683. The molecule has 5 nitrogen and oxygen atoms in total. The summed E-state index contributed by atoms with van der Waals surface area (Å²) in [6.07, 6.45) is 3.31. The van der Waals surface area contributed by atoms with Crippen LogP contribution in [0.25, 0.3) is 10.2 Å². The summed E-state index contributed by atoms with van der Waals surface area (Å²) < 4.78 is 0.